The van der Waals surface area contributed by atoms with Gasteiger partial charge in [-0.05, 0) is 17.7 Å². The topological polar surface area (TPSA) is 71.1 Å². The van der Waals surface area contributed by atoms with Gasteiger partial charge in [-0.25, -0.2) is 0 Å². The third-order valence-electron chi connectivity index (χ3n) is 3.41. The Labute approximate surface area is 146 Å². The highest BCUT2D eigenvalue weighted by molar-refractivity contribution is 5.66. The monoisotopic (exact) mass is 344 g/mol. The number of carbonyl (C=O) groups excluding carboxylic acids is 2. The Bertz CT molecular complexity index is 660. The van der Waals surface area contributed by atoms with Gasteiger partial charge in [0.25, 0.3) is 0 Å². The van der Waals surface area contributed by atoms with E-state index in [1.54, 1.807) is 12.2 Å². The van der Waals surface area contributed by atoms with Crippen LogP contribution in [-0.2, 0) is 28.5 Å². The van der Waals surface area contributed by atoms with Crippen molar-refractivity contribution in [1.29, 1.82) is 0 Å². The first-order chi connectivity index (χ1) is 12.0. The van der Waals surface area contributed by atoms with Gasteiger partial charge in [-0.3, -0.25) is 9.59 Å². The van der Waals surface area contributed by atoms with E-state index < -0.39 is 36.5 Å². The minimum atomic E-state index is -0.756. The number of esters is 2. The lowest BCUT2D eigenvalue weighted by molar-refractivity contribution is -0.204. The van der Waals surface area contributed by atoms with Crippen molar-refractivity contribution in [2.45, 2.75) is 38.4 Å². The van der Waals surface area contributed by atoms with Crippen LogP contribution in [0.25, 0.3) is 0 Å². The predicted molar refractivity (Wildman–Crippen MR) is 89.1 cm³/mol. The van der Waals surface area contributed by atoms with Crippen LogP contribution in [0.15, 0.2) is 42.5 Å². The fourth-order valence-corrected chi connectivity index (χ4v) is 2.31. The number of benzene rings is 1. The fourth-order valence-electron chi connectivity index (χ4n) is 2.31. The Morgan fingerprint density at radius 2 is 1.92 bits per heavy atom. The molecule has 6 heteroatoms. The molecule has 1 unspecified atom stereocenters. The van der Waals surface area contributed by atoms with E-state index in [1.165, 1.54) is 13.8 Å². The number of terminal acetylenes is 1. The lowest BCUT2D eigenvalue weighted by Gasteiger charge is -2.32. The maximum atomic E-state index is 11.2. The van der Waals surface area contributed by atoms with E-state index in [2.05, 4.69) is 5.92 Å². The minimum Gasteiger partial charge on any atom is -0.463 e. The quantitative estimate of drug-likeness (QED) is 0.447. The largest absolute Gasteiger partial charge is 0.463 e. The number of hydrogen-bond acceptors (Lipinski definition) is 6. The first-order valence-corrected chi connectivity index (χ1v) is 7.80. The second-order valence-electron chi connectivity index (χ2n) is 5.40. The van der Waals surface area contributed by atoms with Crippen LogP contribution in [0.1, 0.15) is 25.5 Å². The van der Waals surface area contributed by atoms with Crippen molar-refractivity contribution in [2.24, 2.45) is 0 Å². The van der Waals surface area contributed by atoms with E-state index in [-0.39, 0.29) is 6.61 Å². The Morgan fingerprint density at radius 1 is 1.20 bits per heavy atom. The molecular formula is C19H20O6. The molecule has 0 saturated heterocycles. The van der Waals surface area contributed by atoms with Gasteiger partial charge in [0.1, 0.15) is 24.9 Å². The van der Waals surface area contributed by atoms with Crippen molar-refractivity contribution in [1.82, 2.24) is 0 Å². The molecule has 25 heavy (non-hydrogen) atoms. The molecule has 1 aliphatic rings. The summed E-state index contributed by atoms with van der Waals surface area (Å²) in [5.41, 5.74) is 0.820. The molecule has 0 bridgehead atoms. The van der Waals surface area contributed by atoms with Gasteiger partial charge in [-0.1, -0.05) is 36.3 Å². The van der Waals surface area contributed by atoms with Gasteiger partial charge in [0.15, 0.2) is 6.29 Å². The van der Waals surface area contributed by atoms with Gasteiger partial charge in [0.2, 0.25) is 0 Å². The third-order valence-corrected chi connectivity index (χ3v) is 3.41. The minimum absolute atomic E-state index is 0.0659. The van der Waals surface area contributed by atoms with Crippen molar-refractivity contribution in [3.05, 3.63) is 48.0 Å². The van der Waals surface area contributed by atoms with Gasteiger partial charge in [-0.2, -0.15) is 0 Å². The van der Waals surface area contributed by atoms with Crippen molar-refractivity contribution in [2.75, 3.05) is 6.61 Å². The van der Waals surface area contributed by atoms with E-state index in [4.69, 9.17) is 25.4 Å². The van der Waals surface area contributed by atoms with Crippen LogP contribution in [-0.4, -0.2) is 37.0 Å². The standard InChI is InChI=1S/C19H20O6/c1-4-16(15-8-6-5-7-9-15)24-19-11-10-17(23-14(3)21)18(25-19)12-22-13(2)20/h1,5-11,16-19H,12H2,2-3H3/t16?,17-,18+,19-/m0/s1. The zero-order chi connectivity index (χ0) is 18.2. The highest BCUT2D eigenvalue weighted by atomic mass is 16.7. The normalized spacial score (nSPS) is 23.3. The Hall–Kier alpha value is -2.62. The zero-order valence-electron chi connectivity index (χ0n) is 14.1. The highest BCUT2D eigenvalue weighted by Crippen LogP contribution is 2.24. The summed E-state index contributed by atoms with van der Waals surface area (Å²) < 4.78 is 21.7. The van der Waals surface area contributed by atoms with E-state index in [9.17, 15) is 9.59 Å². The van der Waals surface area contributed by atoms with E-state index >= 15 is 0 Å². The van der Waals surface area contributed by atoms with Gasteiger partial charge in [0.05, 0.1) is 0 Å². The van der Waals surface area contributed by atoms with Crippen LogP contribution in [0, 0.1) is 12.3 Å². The Kier molecular flexibility index (Phi) is 6.75. The zero-order valence-corrected chi connectivity index (χ0v) is 14.1. The van der Waals surface area contributed by atoms with Crippen molar-refractivity contribution in [3.63, 3.8) is 0 Å². The maximum absolute atomic E-state index is 11.2. The number of rotatable bonds is 6. The average molecular weight is 344 g/mol. The number of ether oxygens (including phenoxy) is 4. The van der Waals surface area contributed by atoms with Gasteiger partial charge in [0, 0.05) is 13.8 Å². The lowest BCUT2D eigenvalue weighted by atomic mass is 10.1. The first-order valence-electron chi connectivity index (χ1n) is 7.80. The van der Waals surface area contributed by atoms with E-state index in [1.807, 2.05) is 30.3 Å². The van der Waals surface area contributed by atoms with Crippen molar-refractivity contribution in [3.8, 4) is 12.3 Å². The maximum Gasteiger partial charge on any atom is 0.303 e. The molecular weight excluding hydrogens is 324 g/mol. The summed E-state index contributed by atoms with van der Waals surface area (Å²) in [5.74, 6) is 1.65. The van der Waals surface area contributed by atoms with Gasteiger partial charge < -0.3 is 18.9 Å². The molecule has 0 N–H and O–H groups in total. The third kappa shape index (κ3) is 5.75. The van der Waals surface area contributed by atoms with E-state index in [0.717, 1.165) is 5.56 Å². The molecule has 0 saturated carbocycles. The number of carbonyl (C=O) groups is 2. The van der Waals surface area contributed by atoms with Crippen molar-refractivity contribution < 1.29 is 28.5 Å². The van der Waals surface area contributed by atoms with Crippen LogP contribution in [0.5, 0.6) is 0 Å². The van der Waals surface area contributed by atoms with E-state index in [0.29, 0.717) is 0 Å². The highest BCUT2D eigenvalue weighted by Gasteiger charge is 2.32. The molecule has 4 atom stereocenters. The first kappa shape index (κ1) is 18.7. The Morgan fingerprint density at radius 3 is 2.52 bits per heavy atom. The van der Waals surface area contributed by atoms with Crippen LogP contribution in [0.2, 0.25) is 0 Å². The summed E-state index contributed by atoms with van der Waals surface area (Å²) >= 11 is 0. The smallest absolute Gasteiger partial charge is 0.303 e. The summed E-state index contributed by atoms with van der Waals surface area (Å²) in [4.78, 5) is 22.3. The second-order valence-corrected chi connectivity index (χ2v) is 5.40. The molecule has 2 rings (SSSR count). The molecule has 0 amide bonds. The molecule has 1 aromatic carbocycles. The Balaban J connectivity index is 2.07. The average Bonchev–Trinajstić information content (AvgIpc) is 2.59. The molecule has 1 aromatic rings. The summed E-state index contributed by atoms with van der Waals surface area (Å²) in [6.07, 6.45) is 6.10. The van der Waals surface area contributed by atoms with Crippen molar-refractivity contribution >= 4 is 11.9 Å². The molecule has 0 radical (unpaired) electrons. The summed E-state index contributed by atoms with van der Waals surface area (Å²) in [6.45, 7) is 2.52. The molecule has 0 aromatic heterocycles. The van der Waals surface area contributed by atoms with Crippen LogP contribution >= 0.6 is 0 Å². The van der Waals surface area contributed by atoms with Crippen LogP contribution in [0.4, 0.5) is 0 Å². The summed E-state index contributed by atoms with van der Waals surface area (Å²) in [6, 6.07) is 9.32. The predicted octanol–water partition coefficient (Wildman–Crippen LogP) is 2.15. The molecule has 0 fully saturated rings. The second kappa shape index (κ2) is 9.02. The SMILES string of the molecule is C#CC(O[C@@H]1C=C[C@H](OC(C)=O)[C@@H](COC(C)=O)O1)c1ccccc1. The lowest BCUT2D eigenvalue weighted by Crippen LogP contribution is -2.42. The van der Waals surface area contributed by atoms with Gasteiger partial charge in [-0.15, -0.1) is 6.42 Å². The molecule has 0 spiro atoms. The molecule has 1 aliphatic heterocycles. The number of hydrogen-bond donors (Lipinski definition) is 0. The molecule has 6 nitrogen and oxygen atoms in total. The van der Waals surface area contributed by atoms with Gasteiger partial charge >= 0.3 is 11.9 Å². The van der Waals surface area contributed by atoms with Crippen LogP contribution < -0.4 is 0 Å². The van der Waals surface area contributed by atoms with Crippen LogP contribution in [0.3, 0.4) is 0 Å². The molecule has 132 valence electrons. The summed E-state index contributed by atoms with van der Waals surface area (Å²) in [5, 5.41) is 0. The fraction of sp³-hybridized carbons (Fsp3) is 0.368. The molecule has 1 heterocycles. The molecule has 0 aliphatic carbocycles. The summed E-state index contributed by atoms with van der Waals surface area (Å²) in [7, 11) is 0.